The third kappa shape index (κ3) is 6.31. The minimum absolute atomic E-state index is 0.0172. The van der Waals surface area contributed by atoms with Crippen LogP contribution in [0.4, 0.5) is 30.6 Å². The van der Waals surface area contributed by atoms with Crippen LogP contribution in [0.1, 0.15) is 10.4 Å². The minimum Gasteiger partial charge on any atom is -0.360 e. The van der Waals surface area contributed by atoms with E-state index in [1.54, 1.807) is 18.2 Å². The van der Waals surface area contributed by atoms with Crippen LogP contribution in [0.5, 0.6) is 0 Å². The zero-order chi connectivity index (χ0) is 23.4. The van der Waals surface area contributed by atoms with Crippen LogP contribution >= 0.6 is 0 Å². The highest BCUT2D eigenvalue weighted by Gasteiger charge is 2.27. The number of halogens is 3. The van der Waals surface area contributed by atoms with E-state index in [2.05, 4.69) is 35.6 Å². The highest BCUT2D eigenvalue weighted by Crippen LogP contribution is 2.24. The standard InChI is InChI=1S/C18H20F3N7O3S/c1-22-32(30,31)9-8-24-16(29)11-2-4-12(5-3-11)26-17-27-14-13(6-7-23-14)15(28-17)25-10-18(19,20)21/h2-7,22H,8-10H2,1H3,(H,24,29)(H3,23,25,26,27,28). The summed E-state index contributed by atoms with van der Waals surface area (Å²) >= 11 is 0. The first-order chi connectivity index (χ1) is 15.1. The molecule has 0 saturated heterocycles. The number of benzene rings is 1. The summed E-state index contributed by atoms with van der Waals surface area (Å²) in [4.78, 5) is 23.3. The molecule has 0 atom stereocenters. The van der Waals surface area contributed by atoms with Crippen molar-refractivity contribution in [1.82, 2.24) is 25.0 Å². The zero-order valence-corrected chi connectivity index (χ0v) is 17.6. The molecule has 2 heterocycles. The van der Waals surface area contributed by atoms with Gasteiger partial charge in [-0.2, -0.15) is 23.1 Å². The van der Waals surface area contributed by atoms with Gasteiger partial charge in [-0.15, -0.1) is 0 Å². The van der Waals surface area contributed by atoms with Gasteiger partial charge < -0.3 is 20.9 Å². The molecule has 0 bridgehead atoms. The van der Waals surface area contributed by atoms with Gasteiger partial charge in [-0.05, 0) is 37.4 Å². The summed E-state index contributed by atoms with van der Waals surface area (Å²) in [7, 11) is -2.14. The molecule has 0 aliphatic heterocycles. The van der Waals surface area contributed by atoms with Gasteiger partial charge in [-0.25, -0.2) is 13.1 Å². The smallest absolute Gasteiger partial charge is 0.360 e. The third-order valence-electron chi connectivity index (χ3n) is 4.24. The van der Waals surface area contributed by atoms with Crippen molar-refractivity contribution in [2.75, 3.05) is 36.5 Å². The molecule has 0 fully saturated rings. The Labute approximate surface area is 181 Å². The summed E-state index contributed by atoms with van der Waals surface area (Å²) < 4.78 is 62.6. The van der Waals surface area contributed by atoms with Crippen molar-refractivity contribution in [3.63, 3.8) is 0 Å². The fraction of sp³-hybridized carbons (Fsp3) is 0.278. The molecule has 0 spiro atoms. The molecule has 0 unspecified atom stereocenters. The molecule has 3 aromatic rings. The van der Waals surface area contributed by atoms with Crippen molar-refractivity contribution in [2.24, 2.45) is 0 Å². The Balaban J connectivity index is 1.68. The van der Waals surface area contributed by atoms with Crippen LogP contribution in [-0.4, -0.2) is 61.3 Å². The predicted octanol–water partition coefficient (Wildman–Crippen LogP) is 1.95. The zero-order valence-electron chi connectivity index (χ0n) is 16.7. The lowest BCUT2D eigenvalue weighted by Gasteiger charge is -2.12. The van der Waals surface area contributed by atoms with Crippen LogP contribution in [-0.2, 0) is 10.0 Å². The van der Waals surface area contributed by atoms with Crippen LogP contribution in [0.2, 0.25) is 0 Å². The number of aromatic nitrogens is 3. The first kappa shape index (κ1) is 23.3. The average Bonchev–Trinajstić information content (AvgIpc) is 3.20. The van der Waals surface area contributed by atoms with Gasteiger partial charge in [0.25, 0.3) is 5.91 Å². The Bertz CT molecular complexity index is 1190. The largest absolute Gasteiger partial charge is 0.405 e. The molecule has 0 aliphatic rings. The fourth-order valence-corrected chi connectivity index (χ4v) is 3.23. The van der Waals surface area contributed by atoms with Gasteiger partial charge in [0.1, 0.15) is 18.0 Å². The van der Waals surface area contributed by atoms with E-state index >= 15 is 0 Å². The number of carbonyl (C=O) groups excluding carboxylic acids is 1. The maximum Gasteiger partial charge on any atom is 0.405 e. The van der Waals surface area contributed by atoms with E-state index in [-0.39, 0.29) is 24.1 Å². The number of fused-ring (bicyclic) bond motifs is 1. The Morgan fingerprint density at radius 2 is 1.84 bits per heavy atom. The summed E-state index contributed by atoms with van der Waals surface area (Å²) in [5, 5.41) is 8.05. The van der Waals surface area contributed by atoms with Crippen LogP contribution < -0.4 is 20.7 Å². The van der Waals surface area contributed by atoms with Gasteiger partial charge in [0.2, 0.25) is 16.0 Å². The number of aromatic amines is 1. The second-order valence-electron chi connectivity index (χ2n) is 6.59. The van der Waals surface area contributed by atoms with Crippen molar-refractivity contribution in [3.8, 4) is 0 Å². The van der Waals surface area contributed by atoms with Crippen molar-refractivity contribution in [2.45, 2.75) is 6.18 Å². The molecule has 0 radical (unpaired) electrons. The molecule has 32 heavy (non-hydrogen) atoms. The second kappa shape index (κ2) is 9.40. The van der Waals surface area contributed by atoms with E-state index in [1.807, 2.05) is 0 Å². The Morgan fingerprint density at radius 1 is 1.12 bits per heavy atom. The minimum atomic E-state index is -4.41. The number of hydrogen-bond donors (Lipinski definition) is 5. The lowest BCUT2D eigenvalue weighted by molar-refractivity contribution is -0.115. The van der Waals surface area contributed by atoms with E-state index in [9.17, 15) is 26.4 Å². The summed E-state index contributed by atoms with van der Waals surface area (Å²) in [6.07, 6.45) is -2.87. The van der Waals surface area contributed by atoms with Gasteiger partial charge in [0.15, 0.2) is 0 Å². The van der Waals surface area contributed by atoms with Crippen molar-refractivity contribution in [3.05, 3.63) is 42.1 Å². The highest BCUT2D eigenvalue weighted by atomic mass is 32.2. The lowest BCUT2D eigenvalue weighted by Crippen LogP contribution is -2.32. The van der Waals surface area contributed by atoms with Crippen LogP contribution in [0.3, 0.4) is 0 Å². The quantitative estimate of drug-likeness (QED) is 0.321. The molecule has 3 rings (SSSR count). The van der Waals surface area contributed by atoms with Gasteiger partial charge >= 0.3 is 6.18 Å². The summed E-state index contributed by atoms with van der Waals surface area (Å²) in [5.41, 5.74) is 1.14. The summed E-state index contributed by atoms with van der Waals surface area (Å²) in [6.45, 7) is -1.30. The molecule has 0 aliphatic carbocycles. The SMILES string of the molecule is CNS(=O)(=O)CCNC(=O)c1ccc(Nc2nc(NCC(F)(F)F)c3cc[nH]c3n2)cc1. The number of amides is 1. The molecular weight excluding hydrogens is 451 g/mol. The van der Waals surface area contributed by atoms with E-state index < -0.39 is 28.7 Å². The fourth-order valence-electron chi connectivity index (χ4n) is 2.65. The van der Waals surface area contributed by atoms with Crippen LogP contribution in [0, 0.1) is 0 Å². The predicted molar refractivity (Wildman–Crippen MR) is 113 cm³/mol. The maximum atomic E-state index is 12.6. The van der Waals surface area contributed by atoms with E-state index in [4.69, 9.17) is 0 Å². The van der Waals surface area contributed by atoms with Crippen molar-refractivity contribution in [1.29, 1.82) is 0 Å². The molecule has 172 valence electrons. The topological polar surface area (TPSA) is 141 Å². The number of sulfonamides is 1. The summed E-state index contributed by atoms with van der Waals surface area (Å²) in [6, 6.07) is 7.68. The van der Waals surface area contributed by atoms with E-state index in [0.29, 0.717) is 22.3 Å². The first-order valence-corrected chi connectivity index (χ1v) is 10.9. The third-order valence-corrected chi connectivity index (χ3v) is 5.61. The van der Waals surface area contributed by atoms with Crippen molar-refractivity contribution >= 4 is 44.4 Å². The number of alkyl halides is 3. The summed E-state index contributed by atoms with van der Waals surface area (Å²) in [5.74, 6) is -0.633. The van der Waals surface area contributed by atoms with Crippen LogP contribution in [0.25, 0.3) is 11.0 Å². The molecule has 14 heteroatoms. The van der Waals surface area contributed by atoms with Gasteiger partial charge in [-0.1, -0.05) is 0 Å². The number of hydrogen-bond acceptors (Lipinski definition) is 7. The molecule has 10 nitrogen and oxygen atoms in total. The number of nitrogens with one attached hydrogen (secondary N) is 5. The number of carbonyl (C=O) groups is 1. The van der Waals surface area contributed by atoms with Crippen LogP contribution in [0.15, 0.2) is 36.5 Å². The molecular formula is C18H20F3N7O3S. The maximum absolute atomic E-state index is 12.6. The number of nitrogens with zero attached hydrogens (tertiary/aromatic N) is 2. The Hall–Kier alpha value is -3.39. The van der Waals surface area contributed by atoms with Gasteiger partial charge in [0.05, 0.1) is 11.1 Å². The van der Waals surface area contributed by atoms with E-state index in [1.165, 1.54) is 25.4 Å². The molecule has 1 amide bonds. The molecule has 1 aromatic carbocycles. The highest BCUT2D eigenvalue weighted by molar-refractivity contribution is 7.89. The average molecular weight is 471 g/mol. The molecule has 0 saturated carbocycles. The number of anilines is 3. The number of rotatable bonds is 9. The Morgan fingerprint density at radius 3 is 2.50 bits per heavy atom. The van der Waals surface area contributed by atoms with Gasteiger partial charge in [-0.3, -0.25) is 4.79 Å². The Kier molecular flexibility index (Phi) is 6.84. The van der Waals surface area contributed by atoms with Crippen molar-refractivity contribution < 1.29 is 26.4 Å². The number of H-pyrrole nitrogens is 1. The molecule has 2 aromatic heterocycles. The molecule has 5 N–H and O–H groups in total. The monoisotopic (exact) mass is 471 g/mol. The normalized spacial score (nSPS) is 12.0. The first-order valence-electron chi connectivity index (χ1n) is 9.28. The van der Waals surface area contributed by atoms with E-state index in [0.717, 1.165) is 0 Å². The lowest BCUT2D eigenvalue weighted by atomic mass is 10.2. The van der Waals surface area contributed by atoms with Gasteiger partial charge in [0, 0.05) is 24.0 Å². The second-order valence-corrected chi connectivity index (χ2v) is 8.63.